The zero-order valence-corrected chi connectivity index (χ0v) is 15.3. The highest BCUT2D eigenvalue weighted by Gasteiger charge is 2.32. The number of amidine groups is 1. The second-order valence-corrected chi connectivity index (χ2v) is 7.15. The maximum atomic E-state index is 12.1. The number of halogens is 1. The van der Waals surface area contributed by atoms with E-state index in [2.05, 4.69) is 15.6 Å². The van der Waals surface area contributed by atoms with Gasteiger partial charge in [0.2, 0.25) is 11.8 Å². The van der Waals surface area contributed by atoms with Crippen molar-refractivity contribution in [2.75, 3.05) is 19.0 Å². The molecule has 0 aromatic heterocycles. The Kier molecular flexibility index (Phi) is 6.65. The van der Waals surface area contributed by atoms with E-state index in [9.17, 15) is 9.59 Å². The molecular formula is C16H20ClN3O3S. The van der Waals surface area contributed by atoms with Crippen molar-refractivity contribution >= 4 is 46.0 Å². The van der Waals surface area contributed by atoms with E-state index in [1.165, 1.54) is 11.8 Å². The normalized spacial score (nSPS) is 20.1. The van der Waals surface area contributed by atoms with Crippen LogP contribution in [0.3, 0.4) is 0 Å². The minimum atomic E-state index is -0.487. The molecule has 1 saturated heterocycles. The summed E-state index contributed by atoms with van der Waals surface area (Å²) in [6, 6.07) is 5.24. The maximum Gasteiger partial charge on any atom is 0.240 e. The number of hydrogen-bond acceptors (Lipinski definition) is 5. The monoisotopic (exact) mass is 369 g/mol. The predicted molar refractivity (Wildman–Crippen MR) is 97.7 cm³/mol. The fourth-order valence-corrected chi connectivity index (χ4v) is 3.38. The number of rotatable bonds is 6. The molecule has 0 bridgehead atoms. The lowest BCUT2D eigenvalue weighted by atomic mass is 10.2. The summed E-state index contributed by atoms with van der Waals surface area (Å²) in [7, 11) is 1.60. The zero-order valence-electron chi connectivity index (χ0n) is 13.8. The van der Waals surface area contributed by atoms with E-state index in [1.54, 1.807) is 19.2 Å². The van der Waals surface area contributed by atoms with Gasteiger partial charge in [-0.05, 0) is 31.5 Å². The SMILES string of the molecule is COC[C@@H](C)N=C1NC(=O)[C@H](CC(=O)Nc2ccc(C)c(Cl)c2)S1. The molecule has 8 heteroatoms. The van der Waals surface area contributed by atoms with Crippen LogP contribution in [0.4, 0.5) is 5.69 Å². The predicted octanol–water partition coefficient (Wildman–Crippen LogP) is 2.60. The summed E-state index contributed by atoms with van der Waals surface area (Å²) in [6.07, 6.45) is 0.0691. The van der Waals surface area contributed by atoms with Crippen LogP contribution in [0.15, 0.2) is 23.2 Å². The van der Waals surface area contributed by atoms with Gasteiger partial charge < -0.3 is 15.4 Å². The largest absolute Gasteiger partial charge is 0.382 e. The molecule has 0 aliphatic carbocycles. The highest BCUT2D eigenvalue weighted by molar-refractivity contribution is 8.15. The van der Waals surface area contributed by atoms with Crippen LogP contribution >= 0.6 is 23.4 Å². The van der Waals surface area contributed by atoms with Crippen molar-refractivity contribution < 1.29 is 14.3 Å². The number of anilines is 1. The van der Waals surface area contributed by atoms with Gasteiger partial charge in [0.05, 0.1) is 12.6 Å². The van der Waals surface area contributed by atoms with E-state index >= 15 is 0 Å². The molecule has 0 unspecified atom stereocenters. The third kappa shape index (κ3) is 5.22. The molecule has 24 heavy (non-hydrogen) atoms. The minimum absolute atomic E-state index is 0.0555. The van der Waals surface area contributed by atoms with Crippen molar-refractivity contribution in [3.8, 4) is 0 Å². The zero-order chi connectivity index (χ0) is 17.7. The first-order chi connectivity index (χ1) is 11.4. The third-order valence-electron chi connectivity index (χ3n) is 3.35. The number of ether oxygens (including phenoxy) is 1. The highest BCUT2D eigenvalue weighted by Crippen LogP contribution is 2.24. The molecule has 2 rings (SSSR count). The van der Waals surface area contributed by atoms with Gasteiger partial charge in [0.25, 0.3) is 0 Å². The van der Waals surface area contributed by atoms with Crippen LogP contribution in [-0.2, 0) is 14.3 Å². The van der Waals surface area contributed by atoms with E-state index in [0.717, 1.165) is 5.56 Å². The summed E-state index contributed by atoms with van der Waals surface area (Å²) in [5, 5.41) is 6.08. The summed E-state index contributed by atoms with van der Waals surface area (Å²) in [4.78, 5) is 28.5. The average molecular weight is 370 g/mol. The molecule has 1 aliphatic heterocycles. The fraction of sp³-hybridized carbons (Fsp3) is 0.438. The number of carbonyl (C=O) groups is 2. The first kappa shape index (κ1) is 18.8. The Bertz CT molecular complexity index is 666. The van der Waals surface area contributed by atoms with Crippen LogP contribution in [0, 0.1) is 6.92 Å². The Hall–Kier alpha value is -1.57. The number of amides is 2. The summed E-state index contributed by atoms with van der Waals surface area (Å²) in [5.74, 6) is -0.450. The number of carbonyl (C=O) groups excluding carboxylic acids is 2. The van der Waals surface area contributed by atoms with Gasteiger partial charge in [-0.3, -0.25) is 14.6 Å². The number of nitrogens with one attached hydrogen (secondary N) is 2. The van der Waals surface area contributed by atoms with E-state index in [0.29, 0.717) is 22.5 Å². The number of nitrogens with zero attached hydrogens (tertiary/aromatic N) is 1. The van der Waals surface area contributed by atoms with Crippen LogP contribution < -0.4 is 10.6 Å². The van der Waals surface area contributed by atoms with E-state index in [1.807, 2.05) is 19.9 Å². The molecule has 1 aromatic rings. The van der Waals surface area contributed by atoms with Gasteiger partial charge in [-0.1, -0.05) is 29.4 Å². The van der Waals surface area contributed by atoms with Gasteiger partial charge in [-0.2, -0.15) is 0 Å². The molecule has 1 aromatic carbocycles. The quantitative estimate of drug-likeness (QED) is 0.807. The van der Waals surface area contributed by atoms with Crippen molar-refractivity contribution in [3.05, 3.63) is 28.8 Å². The summed E-state index contributed by atoms with van der Waals surface area (Å²) in [6.45, 7) is 4.25. The van der Waals surface area contributed by atoms with Crippen LogP contribution in [0.5, 0.6) is 0 Å². The van der Waals surface area contributed by atoms with Gasteiger partial charge in [-0.15, -0.1) is 0 Å². The Morgan fingerprint density at radius 3 is 2.96 bits per heavy atom. The molecule has 2 atom stereocenters. The first-order valence-electron chi connectivity index (χ1n) is 7.49. The third-order valence-corrected chi connectivity index (χ3v) is 4.85. The minimum Gasteiger partial charge on any atom is -0.382 e. The number of hydrogen-bond donors (Lipinski definition) is 2. The molecular weight excluding hydrogens is 350 g/mol. The van der Waals surface area contributed by atoms with Crippen LogP contribution in [-0.4, -0.2) is 42.0 Å². The summed E-state index contributed by atoms with van der Waals surface area (Å²) < 4.78 is 5.01. The van der Waals surface area contributed by atoms with E-state index in [-0.39, 0.29) is 24.3 Å². The van der Waals surface area contributed by atoms with Crippen LogP contribution in [0.25, 0.3) is 0 Å². The van der Waals surface area contributed by atoms with Crippen molar-refractivity contribution in [2.45, 2.75) is 31.6 Å². The molecule has 2 N–H and O–H groups in total. The van der Waals surface area contributed by atoms with Gasteiger partial charge in [0, 0.05) is 24.2 Å². The molecule has 1 aliphatic rings. The van der Waals surface area contributed by atoms with Gasteiger partial charge >= 0.3 is 0 Å². The highest BCUT2D eigenvalue weighted by atomic mass is 35.5. The summed E-state index contributed by atoms with van der Waals surface area (Å²) >= 11 is 7.30. The Morgan fingerprint density at radius 2 is 2.29 bits per heavy atom. The molecule has 0 saturated carbocycles. The smallest absolute Gasteiger partial charge is 0.240 e. The van der Waals surface area contributed by atoms with Crippen molar-refractivity contribution in [1.29, 1.82) is 0 Å². The Morgan fingerprint density at radius 1 is 1.54 bits per heavy atom. The lowest BCUT2D eigenvalue weighted by Gasteiger charge is -2.08. The van der Waals surface area contributed by atoms with Crippen molar-refractivity contribution in [2.24, 2.45) is 4.99 Å². The first-order valence-corrected chi connectivity index (χ1v) is 8.75. The molecule has 130 valence electrons. The Balaban J connectivity index is 1.92. The lowest BCUT2D eigenvalue weighted by molar-refractivity contribution is -0.122. The van der Waals surface area contributed by atoms with Gasteiger partial charge in [0.1, 0.15) is 5.25 Å². The molecule has 0 radical (unpaired) electrons. The fourth-order valence-electron chi connectivity index (χ4n) is 2.13. The maximum absolute atomic E-state index is 12.1. The average Bonchev–Trinajstić information content (AvgIpc) is 2.82. The molecule has 0 spiro atoms. The second-order valence-electron chi connectivity index (χ2n) is 5.55. The van der Waals surface area contributed by atoms with E-state index < -0.39 is 5.25 Å². The molecule has 1 fully saturated rings. The number of benzene rings is 1. The number of methoxy groups -OCH3 is 1. The topological polar surface area (TPSA) is 79.8 Å². The number of aryl methyl sites for hydroxylation is 1. The van der Waals surface area contributed by atoms with Crippen molar-refractivity contribution in [1.82, 2.24) is 5.32 Å². The number of thioether (sulfide) groups is 1. The van der Waals surface area contributed by atoms with Gasteiger partial charge in [-0.25, -0.2) is 0 Å². The molecule has 2 amide bonds. The standard InChI is InChI=1S/C16H20ClN3O3S/c1-9-4-5-11(6-12(9)17)19-14(21)7-13-15(22)20-16(24-13)18-10(2)8-23-3/h4-6,10,13H,7-8H2,1-3H3,(H,19,21)(H,18,20,22)/t10-,13+/m1/s1. The van der Waals surface area contributed by atoms with Crippen LogP contribution in [0.2, 0.25) is 5.02 Å². The van der Waals surface area contributed by atoms with E-state index in [4.69, 9.17) is 16.3 Å². The Labute approximate surface area is 150 Å². The lowest BCUT2D eigenvalue weighted by Crippen LogP contribution is -2.28. The molecule has 1 heterocycles. The van der Waals surface area contributed by atoms with Crippen molar-refractivity contribution in [3.63, 3.8) is 0 Å². The second kappa shape index (κ2) is 8.50. The van der Waals surface area contributed by atoms with Crippen LogP contribution in [0.1, 0.15) is 18.9 Å². The van der Waals surface area contributed by atoms with Gasteiger partial charge in [0.15, 0.2) is 5.17 Å². The summed E-state index contributed by atoms with van der Waals surface area (Å²) in [5.41, 5.74) is 1.55. The number of aliphatic imine (C=N–C) groups is 1. The molecule has 6 nitrogen and oxygen atoms in total.